The molecule has 4 rings (SSSR count). The Balaban J connectivity index is 1.42. The molecular weight excluding hydrogens is 652 g/mol. The van der Waals surface area contributed by atoms with E-state index in [1.54, 1.807) is 49.1 Å². The molecule has 1 aliphatic carbocycles. The fourth-order valence-corrected chi connectivity index (χ4v) is 7.88. The normalized spacial score (nSPS) is 35.5. The van der Waals surface area contributed by atoms with Crippen LogP contribution in [0.2, 0.25) is 0 Å². The van der Waals surface area contributed by atoms with Crippen molar-refractivity contribution in [2.45, 2.75) is 166 Å². The summed E-state index contributed by atoms with van der Waals surface area (Å²) in [4.78, 5) is 30.6. The molecule has 0 aromatic carbocycles. The molecule has 3 heterocycles. The molecule has 0 bridgehead atoms. The Morgan fingerprint density at radius 3 is 2.45 bits per heavy atom. The maximum Gasteiger partial charge on any atom is 0.410 e. The lowest BCUT2D eigenvalue weighted by Crippen LogP contribution is -2.53. The predicted molar refractivity (Wildman–Crippen MR) is 196 cm³/mol. The van der Waals surface area contributed by atoms with E-state index in [-0.39, 0.29) is 43.3 Å². The number of carbonyl (C=O) groups is 2. The van der Waals surface area contributed by atoms with Crippen molar-refractivity contribution >= 4 is 12.1 Å². The van der Waals surface area contributed by atoms with Crippen LogP contribution in [-0.4, -0.2) is 122 Å². The molecule has 10 atom stereocenters. The van der Waals surface area contributed by atoms with Crippen molar-refractivity contribution in [3.63, 3.8) is 0 Å². The minimum Gasteiger partial charge on any atom is -0.457 e. The van der Waals surface area contributed by atoms with Crippen LogP contribution in [-0.2, 0) is 19.0 Å². The zero-order chi connectivity index (χ0) is 37.3. The summed E-state index contributed by atoms with van der Waals surface area (Å²) in [6.07, 6.45) is 13.4. The number of piperazine rings is 1. The second kappa shape index (κ2) is 18.7. The Kier molecular flexibility index (Phi) is 15.2. The number of cyclic esters (lactones) is 1. The highest BCUT2D eigenvalue weighted by molar-refractivity contribution is 5.70. The summed E-state index contributed by atoms with van der Waals surface area (Å²) in [5.41, 5.74) is -1.92. The highest BCUT2D eigenvalue weighted by Crippen LogP contribution is 2.37. The Hall–Kier alpha value is -2.28. The van der Waals surface area contributed by atoms with Gasteiger partial charge in [0.25, 0.3) is 0 Å². The molecule has 11 heteroatoms. The van der Waals surface area contributed by atoms with E-state index < -0.39 is 47.7 Å². The maximum absolute atomic E-state index is 13.5. The monoisotopic (exact) mass is 718 g/mol. The quantitative estimate of drug-likeness (QED) is 0.0794. The third kappa shape index (κ3) is 12.4. The van der Waals surface area contributed by atoms with Crippen LogP contribution in [0, 0.1) is 11.8 Å². The molecule has 0 aromatic rings. The SMILES string of the molecule is CC[C@H](O)[C@@H](C)[C@H]1O[C@@H]1C[C@@](C)(O)/C=C/C=C(\C)[C@H]1OC(=O)C[C@H](O)CC[C@@](C)(O)[C@@H](OC(=O)N2CCN(C3CCCCCC3)CC2)/C=C/[C@@H]1C. The molecule has 1 amide bonds. The van der Waals surface area contributed by atoms with E-state index in [0.717, 1.165) is 13.1 Å². The summed E-state index contributed by atoms with van der Waals surface area (Å²) in [7, 11) is 0. The molecule has 0 unspecified atom stereocenters. The van der Waals surface area contributed by atoms with Crippen LogP contribution >= 0.6 is 0 Å². The highest BCUT2D eigenvalue weighted by atomic mass is 16.6. The molecule has 0 aromatic heterocycles. The van der Waals surface area contributed by atoms with Gasteiger partial charge in [-0.2, -0.15) is 0 Å². The lowest BCUT2D eigenvalue weighted by molar-refractivity contribution is -0.151. The Labute approximate surface area is 305 Å². The zero-order valence-electron chi connectivity index (χ0n) is 31.9. The van der Waals surface area contributed by atoms with Crippen LogP contribution < -0.4 is 0 Å². The van der Waals surface area contributed by atoms with Crippen molar-refractivity contribution in [3.05, 3.63) is 36.0 Å². The summed E-state index contributed by atoms with van der Waals surface area (Å²) in [6, 6.07) is 0.581. The minimum absolute atomic E-state index is 0.0102. The van der Waals surface area contributed by atoms with Crippen LogP contribution in [0.3, 0.4) is 0 Å². The minimum atomic E-state index is -1.48. The third-order valence-corrected chi connectivity index (χ3v) is 11.5. The third-order valence-electron chi connectivity index (χ3n) is 11.5. The van der Waals surface area contributed by atoms with Crippen molar-refractivity contribution in [2.75, 3.05) is 26.2 Å². The summed E-state index contributed by atoms with van der Waals surface area (Å²) in [5.74, 6) is -0.935. The summed E-state index contributed by atoms with van der Waals surface area (Å²) < 4.78 is 17.7. The molecule has 0 radical (unpaired) electrons. The zero-order valence-corrected chi connectivity index (χ0v) is 31.9. The number of esters is 1. The first kappa shape index (κ1) is 41.5. The van der Waals surface area contributed by atoms with Crippen LogP contribution in [0.25, 0.3) is 0 Å². The van der Waals surface area contributed by atoms with Gasteiger partial charge in [-0.15, -0.1) is 0 Å². The number of aliphatic hydroxyl groups excluding tert-OH is 2. The van der Waals surface area contributed by atoms with Crippen LogP contribution in [0.5, 0.6) is 0 Å². The van der Waals surface area contributed by atoms with E-state index in [1.165, 1.54) is 38.5 Å². The van der Waals surface area contributed by atoms with Crippen molar-refractivity contribution in [1.82, 2.24) is 9.80 Å². The molecule has 1 saturated carbocycles. The number of hydrogen-bond acceptors (Lipinski definition) is 10. The van der Waals surface area contributed by atoms with Gasteiger partial charge >= 0.3 is 12.1 Å². The largest absolute Gasteiger partial charge is 0.457 e. The van der Waals surface area contributed by atoms with E-state index in [2.05, 4.69) is 4.90 Å². The second-order valence-corrected chi connectivity index (χ2v) is 16.2. The van der Waals surface area contributed by atoms with Gasteiger partial charge in [0.15, 0.2) is 6.10 Å². The number of amides is 1. The fourth-order valence-electron chi connectivity index (χ4n) is 7.88. The van der Waals surface area contributed by atoms with E-state index in [1.807, 2.05) is 27.7 Å². The van der Waals surface area contributed by atoms with Gasteiger partial charge in [0, 0.05) is 50.5 Å². The average Bonchev–Trinajstić information content (AvgIpc) is 3.89. The first-order valence-electron chi connectivity index (χ1n) is 19.5. The second-order valence-electron chi connectivity index (χ2n) is 16.2. The number of epoxide rings is 1. The van der Waals surface area contributed by atoms with Gasteiger partial charge in [0.2, 0.25) is 0 Å². The number of aliphatic hydroxyl groups is 4. The number of hydrogen-bond donors (Lipinski definition) is 4. The first-order valence-corrected chi connectivity index (χ1v) is 19.5. The molecule has 290 valence electrons. The average molecular weight is 719 g/mol. The first-order chi connectivity index (χ1) is 24.1. The molecule has 0 spiro atoms. The van der Waals surface area contributed by atoms with Crippen LogP contribution in [0.15, 0.2) is 36.0 Å². The molecule has 11 nitrogen and oxygen atoms in total. The lowest BCUT2D eigenvalue weighted by atomic mass is 9.88. The maximum atomic E-state index is 13.5. The van der Waals surface area contributed by atoms with Gasteiger partial charge in [-0.05, 0) is 64.5 Å². The topological polar surface area (TPSA) is 153 Å². The number of ether oxygens (including phenoxy) is 3. The van der Waals surface area contributed by atoms with Gasteiger partial charge in [0.05, 0.1) is 36.4 Å². The molecule has 2 saturated heterocycles. The number of nitrogens with zero attached hydrogens (tertiary/aromatic N) is 2. The molecule has 3 aliphatic heterocycles. The predicted octanol–water partition coefficient (Wildman–Crippen LogP) is 5.05. The van der Waals surface area contributed by atoms with E-state index in [0.29, 0.717) is 37.5 Å². The highest BCUT2D eigenvalue weighted by Gasteiger charge is 2.47. The van der Waals surface area contributed by atoms with Gasteiger partial charge < -0.3 is 39.5 Å². The Morgan fingerprint density at radius 2 is 1.80 bits per heavy atom. The van der Waals surface area contributed by atoms with Gasteiger partial charge in [-0.25, -0.2) is 4.79 Å². The fraction of sp³-hybridized carbons (Fsp3) is 0.800. The summed E-state index contributed by atoms with van der Waals surface area (Å²) in [5, 5.41) is 43.4. The molecule has 51 heavy (non-hydrogen) atoms. The summed E-state index contributed by atoms with van der Waals surface area (Å²) >= 11 is 0. The van der Waals surface area contributed by atoms with Crippen molar-refractivity contribution < 1.29 is 44.2 Å². The molecular formula is C40H66N2O9. The molecule has 3 fully saturated rings. The Morgan fingerprint density at radius 1 is 1.14 bits per heavy atom. The standard InChI is InChI=1S/C40H66N2O9/c1-7-32(44)29(4)37-33(49-37)26-39(5,47)19-12-13-27(2)36-28(3)16-17-34(40(6,48)20-18-31(43)25-35(45)51-36)50-38(46)42-23-21-41(22-24-42)30-14-10-8-9-11-15-30/h12-13,16-17,19,28-34,36-37,43-44,47-48H,7-11,14-15,18,20-26H2,1-6H3/b17-16+,19-12+,27-13+/t28-,29+,31+,32-,33+,34-,36+,37+,39-,40+/m0/s1. The van der Waals surface area contributed by atoms with Crippen molar-refractivity contribution in [1.29, 1.82) is 0 Å². The van der Waals surface area contributed by atoms with Crippen LogP contribution in [0.1, 0.15) is 112 Å². The smallest absolute Gasteiger partial charge is 0.410 e. The lowest BCUT2D eigenvalue weighted by Gasteiger charge is -2.40. The molecule has 4 aliphatic rings. The number of carbonyl (C=O) groups excluding carboxylic acids is 2. The van der Waals surface area contributed by atoms with E-state index in [4.69, 9.17) is 14.2 Å². The van der Waals surface area contributed by atoms with E-state index in [9.17, 15) is 30.0 Å². The van der Waals surface area contributed by atoms with Crippen molar-refractivity contribution in [2.24, 2.45) is 11.8 Å². The van der Waals surface area contributed by atoms with Gasteiger partial charge in [-0.3, -0.25) is 9.69 Å². The van der Waals surface area contributed by atoms with Crippen LogP contribution in [0.4, 0.5) is 4.79 Å². The summed E-state index contributed by atoms with van der Waals surface area (Å²) in [6.45, 7) is 13.7. The number of rotatable bonds is 10. The molecule has 4 N–H and O–H groups in total. The van der Waals surface area contributed by atoms with Gasteiger partial charge in [-0.1, -0.05) is 70.8 Å². The van der Waals surface area contributed by atoms with Gasteiger partial charge in [0.1, 0.15) is 11.7 Å². The van der Waals surface area contributed by atoms with E-state index >= 15 is 0 Å². The van der Waals surface area contributed by atoms with Crippen molar-refractivity contribution in [3.8, 4) is 0 Å². The Bertz CT molecular complexity index is 1220. The number of allylic oxidation sites excluding steroid dienone is 2.